The Morgan fingerprint density at radius 1 is 1.40 bits per heavy atom. The molecule has 20 heavy (non-hydrogen) atoms. The number of halogens is 2. The Labute approximate surface area is 135 Å². The highest BCUT2D eigenvalue weighted by atomic mass is 35.5. The Kier molecular flexibility index (Phi) is 12.9. The first-order chi connectivity index (χ1) is 8.58. The molecule has 122 valence electrons. The third-order valence-electron chi connectivity index (χ3n) is 3.60. The lowest BCUT2D eigenvalue weighted by Gasteiger charge is -2.32. The number of methoxy groups -OCH3 is 1. The van der Waals surface area contributed by atoms with Crippen molar-refractivity contribution in [1.82, 2.24) is 15.5 Å². The predicted molar refractivity (Wildman–Crippen MR) is 87.1 cm³/mol. The summed E-state index contributed by atoms with van der Waals surface area (Å²) in [6.07, 6.45) is 2.06. The van der Waals surface area contributed by atoms with Crippen molar-refractivity contribution in [2.45, 2.75) is 19.8 Å². The summed E-state index contributed by atoms with van der Waals surface area (Å²) < 4.78 is 5.01. The first-order valence-corrected chi connectivity index (χ1v) is 6.75. The second-order valence-corrected chi connectivity index (χ2v) is 5.39. The highest BCUT2D eigenvalue weighted by Crippen LogP contribution is 2.25. The number of carbonyl (C=O) groups excluding carboxylic acids is 1. The molecule has 1 unspecified atom stereocenters. The van der Waals surface area contributed by atoms with Crippen LogP contribution in [0.1, 0.15) is 19.8 Å². The molecule has 1 atom stereocenters. The second kappa shape index (κ2) is 11.6. The number of nitrogens with one attached hydrogen (secondary N) is 2. The van der Waals surface area contributed by atoms with Crippen LogP contribution in [-0.2, 0) is 9.53 Å². The quantitative estimate of drug-likeness (QED) is 0.729. The summed E-state index contributed by atoms with van der Waals surface area (Å²) in [5.74, 6) is 0.176. The lowest BCUT2D eigenvalue weighted by Crippen LogP contribution is -2.49. The van der Waals surface area contributed by atoms with Crippen molar-refractivity contribution >= 4 is 30.7 Å². The van der Waals surface area contributed by atoms with E-state index in [0.717, 1.165) is 45.6 Å². The third-order valence-corrected chi connectivity index (χ3v) is 3.60. The van der Waals surface area contributed by atoms with Crippen molar-refractivity contribution in [1.29, 1.82) is 0 Å². The van der Waals surface area contributed by atoms with E-state index in [2.05, 4.69) is 15.5 Å². The molecule has 0 bridgehead atoms. The van der Waals surface area contributed by atoms with Crippen molar-refractivity contribution < 1.29 is 9.53 Å². The first-order valence-electron chi connectivity index (χ1n) is 6.75. The molecule has 1 rings (SSSR count). The number of likely N-dealkylation sites (N-methyl/N-ethyl adjacent to an activating group) is 1. The molecule has 1 aliphatic rings. The van der Waals surface area contributed by atoms with Crippen molar-refractivity contribution in [3.63, 3.8) is 0 Å². The van der Waals surface area contributed by atoms with Gasteiger partial charge >= 0.3 is 0 Å². The number of carbonyl (C=O) groups is 1. The molecule has 1 saturated heterocycles. The molecule has 5 nitrogen and oxygen atoms in total. The number of amides is 1. The van der Waals surface area contributed by atoms with Gasteiger partial charge in [-0.25, -0.2) is 0 Å². The van der Waals surface area contributed by atoms with Crippen LogP contribution >= 0.6 is 24.8 Å². The van der Waals surface area contributed by atoms with Crippen LogP contribution in [0.5, 0.6) is 0 Å². The number of hydrogen-bond donors (Lipinski definition) is 2. The predicted octanol–water partition coefficient (Wildman–Crippen LogP) is 0.914. The Balaban J connectivity index is 0. The summed E-state index contributed by atoms with van der Waals surface area (Å²) in [6.45, 7) is 7.05. The third kappa shape index (κ3) is 7.64. The van der Waals surface area contributed by atoms with E-state index in [1.807, 2.05) is 14.0 Å². The molecule has 0 aromatic carbocycles. The van der Waals surface area contributed by atoms with Crippen LogP contribution in [0.3, 0.4) is 0 Å². The first kappa shape index (κ1) is 22.2. The molecule has 0 aromatic rings. The van der Waals surface area contributed by atoms with Crippen LogP contribution < -0.4 is 10.6 Å². The summed E-state index contributed by atoms with van der Waals surface area (Å²) in [7, 11) is 3.74. The van der Waals surface area contributed by atoms with E-state index in [1.165, 1.54) is 0 Å². The van der Waals surface area contributed by atoms with E-state index in [4.69, 9.17) is 4.74 Å². The van der Waals surface area contributed by atoms with Gasteiger partial charge in [0.25, 0.3) is 0 Å². The summed E-state index contributed by atoms with van der Waals surface area (Å²) in [6, 6.07) is 0. The molecule has 1 aliphatic heterocycles. The van der Waals surface area contributed by atoms with Gasteiger partial charge in [0, 0.05) is 33.3 Å². The second-order valence-electron chi connectivity index (χ2n) is 5.39. The number of nitrogens with zero attached hydrogens (tertiary/aromatic N) is 1. The highest BCUT2D eigenvalue weighted by molar-refractivity contribution is 5.85. The van der Waals surface area contributed by atoms with Crippen molar-refractivity contribution in [2.24, 2.45) is 5.41 Å². The summed E-state index contributed by atoms with van der Waals surface area (Å²) in [5, 5.41) is 6.33. The summed E-state index contributed by atoms with van der Waals surface area (Å²) >= 11 is 0. The molecule has 2 N–H and O–H groups in total. The van der Waals surface area contributed by atoms with Crippen LogP contribution in [0.4, 0.5) is 0 Å². The maximum Gasteiger partial charge on any atom is 0.227 e. The topological polar surface area (TPSA) is 53.6 Å². The van der Waals surface area contributed by atoms with Gasteiger partial charge in [-0.05, 0) is 33.4 Å². The molecule has 1 heterocycles. The highest BCUT2D eigenvalue weighted by Gasteiger charge is 2.34. The molecule has 0 aliphatic carbocycles. The van der Waals surface area contributed by atoms with Crippen molar-refractivity contribution in [2.75, 3.05) is 53.5 Å². The lowest BCUT2D eigenvalue weighted by atomic mass is 9.82. The van der Waals surface area contributed by atoms with Gasteiger partial charge in [0.2, 0.25) is 5.91 Å². The molecule has 1 fully saturated rings. The molecular weight excluding hydrogens is 301 g/mol. The largest absolute Gasteiger partial charge is 0.383 e. The van der Waals surface area contributed by atoms with E-state index >= 15 is 0 Å². The van der Waals surface area contributed by atoms with Gasteiger partial charge in [-0.2, -0.15) is 0 Å². The summed E-state index contributed by atoms with van der Waals surface area (Å²) in [5.41, 5.74) is -0.233. The Bertz CT molecular complexity index is 262. The summed E-state index contributed by atoms with van der Waals surface area (Å²) in [4.78, 5) is 14.3. The van der Waals surface area contributed by atoms with Gasteiger partial charge in [-0.15, -0.1) is 24.8 Å². The van der Waals surface area contributed by atoms with E-state index in [0.29, 0.717) is 6.54 Å². The fourth-order valence-electron chi connectivity index (χ4n) is 2.18. The SMILES string of the molecule is COCCN(C)CCNC(=O)C1(C)CCCNC1.Cl.Cl. The minimum Gasteiger partial charge on any atom is -0.383 e. The van der Waals surface area contributed by atoms with Crippen molar-refractivity contribution in [3.05, 3.63) is 0 Å². The van der Waals surface area contributed by atoms with E-state index in [1.54, 1.807) is 7.11 Å². The normalized spacial score (nSPS) is 21.8. The zero-order valence-corrected chi connectivity index (χ0v) is 14.4. The molecule has 0 aromatic heterocycles. The Morgan fingerprint density at radius 3 is 2.65 bits per heavy atom. The number of rotatable bonds is 7. The molecule has 7 heteroatoms. The minimum absolute atomic E-state index is 0. The Hall–Kier alpha value is -0.0700. The minimum atomic E-state index is -0.233. The fourth-order valence-corrected chi connectivity index (χ4v) is 2.18. The van der Waals surface area contributed by atoms with Crippen molar-refractivity contribution in [3.8, 4) is 0 Å². The van der Waals surface area contributed by atoms with Gasteiger partial charge in [-0.1, -0.05) is 0 Å². The van der Waals surface area contributed by atoms with Crippen LogP contribution in [0.25, 0.3) is 0 Å². The van der Waals surface area contributed by atoms with Crippen LogP contribution in [0.15, 0.2) is 0 Å². The van der Waals surface area contributed by atoms with Gasteiger partial charge in [0.15, 0.2) is 0 Å². The zero-order chi connectivity index (χ0) is 13.4. The molecule has 0 spiro atoms. The zero-order valence-electron chi connectivity index (χ0n) is 12.7. The lowest BCUT2D eigenvalue weighted by molar-refractivity contribution is -0.131. The monoisotopic (exact) mass is 329 g/mol. The van der Waals surface area contributed by atoms with Gasteiger partial charge < -0.3 is 20.3 Å². The molecule has 0 saturated carbocycles. The van der Waals surface area contributed by atoms with Gasteiger partial charge in [0.05, 0.1) is 12.0 Å². The van der Waals surface area contributed by atoms with Crippen LogP contribution in [0, 0.1) is 5.41 Å². The average molecular weight is 330 g/mol. The smallest absolute Gasteiger partial charge is 0.227 e. The molecular formula is C13H29Cl2N3O2. The molecule has 0 radical (unpaired) electrons. The Morgan fingerprint density at radius 2 is 2.10 bits per heavy atom. The van der Waals surface area contributed by atoms with E-state index < -0.39 is 0 Å². The number of piperidine rings is 1. The maximum atomic E-state index is 12.1. The van der Waals surface area contributed by atoms with E-state index in [-0.39, 0.29) is 36.1 Å². The van der Waals surface area contributed by atoms with E-state index in [9.17, 15) is 4.79 Å². The average Bonchev–Trinajstić information content (AvgIpc) is 2.37. The van der Waals surface area contributed by atoms with Crippen LogP contribution in [-0.4, -0.2) is 64.3 Å². The van der Waals surface area contributed by atoms with Gasteiger partial charge in [0.1, 0.15) is 0 Å². The molecule has 1 amide bonds. The number of ether oxygens (including phenoxy) is 1. The standard InChI is InChI=1S/C13H27N3O2.2ClH/c1-13(5-4-6-14-11-13)12(17)15-7-8-16(2)9-10-18-3;;/h14H,4-11H2,1-3H3,(H,15,17);2*1H. The van der Waals surface area contributed by atoms with Gasteiger partial charge in [-0.3, -0.25) is 4.79 Å². The maximum absolute atomic E-state index is 12.1. The number of hydrogen-bond acceptors (Lipinski definition) is 4. The van der Waals surface area contributed by atoms with Crippen LogP contribution in [0.2, 0.25) is 0 Å². The fraction of sp³-hybridized carbons (Fsp3) is 0.923.